The van der Waals surface area contributed by atoms with Crippen molar-refractivity contribution in [1.29, 1.82) is 0 Å². The van der Waals surface area contributed by atoms with Crippen LogP contribution in [-0.4, -0.2) is 100 Å². The number of aliphatic hydroxyl groups is 1. The Hall–Kier alpha value is -4.77. The second-order valence-electron chi connectivity index (χ2n) is 11.9. The fourth-order valence-electron chi connectivity index (χ4n) is 4.84. The van der Waals surface area contributed by atoms with Gasteiger partial charge in [-0.15, -0.1) is 10.2 Å². The van der Waals surface area contributed by atoms with Crippen LogP contribution in [0.3, 0.4) is 0 Å². The van der Waals surface area contributed by atoms with Crippen molar-refractivity contribution < 1.29 is 37.0 Å². The Morgan fingerprint density at radius 2 is 1.65 bits per heavy atom. The van der Waals surface area contributed by atoms with Crippen molar-refractivity contribution in [1.82, 2.24) is 38.9 Å². The highest BCUT2D eigenvalue weighted by Crippen LogP contribution is 2.24. The molecule has 48 heavy (non-hydrogen) atoms. The molecule has 4 aromatic rings. The van der Waals surface area contributed by atoms with E-state index in [1.54, 1.807) is 20.8 Å². The minimum absolute atomic E-state index is 0.124. The number of aliphatic hydroxyl groups excluding tert-OH is 1. The van der Waals surface area contributed by atoms with E-state index in [0.717, 1.165) is 15.4 Å². The largest absolute Gasteiger partial charge is 0.444 e. The Morgan fingerprint density at radius 3 is 2.25 bits per heavy atom. The number of carbonyl (C=O) groups excluding carboxylic acids is 2. The van der Waals surface area contributed by atoms with Crippen molar-refractivity contribution in [3.8, 4) is 17.1 Å². The maximum Gasteiger partial charge on any atom is 0.416 e. The van der Waals surface area contributed by atoms with E-state index < -0.39 is 54.5 Å². The van der Waals surface area contributed by atoms with Gasteiger partial charge < -0.3 is 19.6 Å². The van der Waals surface area contributed by atoms with Crippen molar-refractivity contribution in [2.75, 3.05) is 26.2 Å². The summed E-state index contributed by atoms with van der Waals surface area (Å²) in [6.07, 6.45) is -8.41. The molecule has 0 aliphatic carbocycles. The Bertz CT molecular complexity index is 1860. The molecule has 1 aliphatic heterocycles. The van der Waals surface area contributed by atoms with Crippen LogP contribution in [0.4, 0.5) is 22.4 Å². The zero-order valence-electron chi connectivity index (χ0n) is 26.0. The van der Waals surface area contributed by atoms with Crippen molar-refractivity contribution in [3.05, 3.63) is 81.5 Å². The van der Waals surface area contributed by atoms with Gasteiger partial charge in [0.25, 0.3) is 5.91 Å². The molecular weight excluding hydrogens is 664 g/mol. The monoisotopic (exact) mass is 694 g/mol. The number of halogens is 5. The SMILES string of the molecule is CC(C)(C)OC(=O)N1CCN(C(=O)c2nc(Cn3nc(-c4ccc(Cl)cc4)n(C[C@H](O)C(F)(F)F)c3=O)nn2-c2cccc(F)c2)CC1. The fourth-order valence-corrected chi connectivity index (χ4v) is 4.97. The summed E-state index contributed by atoms with van der Waals surface area (Å²) in [5.74, 6) is -1.79. The van der Waals surface area contributed by atoms with Crippen LogP contribution in [0.2, 0.25) is 5.02 Å². The molecule has 5 rings (SSSR count). The van der Waals surface area contributed by atoms with Gasteiger partial charge in [0, 0.05) is 36.8 Å². The highest BCUT2D eigenvalue weighted by molar-refractivity contribution is 6.30. The molecule has 256 valence electrons. The van der Waals surface area contributed by atoms with Gasteiger partial charge in [0.1, 0.15) is 18.0 Å². The minimum Gasteiger partial charge on any atom is -0.444 e. The lowest BCUT2D eigenvalue weighted by atomic mass is 10.2. The smallest absolute Gasteiger partial charge is 0.416 e. The van der Waals surface area contributed by atoms with Crippen molar-refractivity contribution in [2.45, 2.75) is 51.7 Å². The number of nitrogens with zero attached hydrogens (tertiary/aromatic N) is 8. The van der Waals surface area contributed by atoms with E-state index in [0.29, 0.717) is 9.59 Å². The first-order chi connectivity index (χ1) is 22.5. The topological polar surface area (TPSA) is 141 Å². The molecule has 0 radical (unpaired) electrons. The van der Waals surface area contributed by atoms with E-state index in [-0.39, 0.29) is 54.9 Å². The summed E-state index contributed by atoms with van der Waals surface area (Å²) in [7, 11) is 0. The molecule has 1 atom stereocenters. The standard InChI is InChI=1S/C30H31ClF4N8O5/c1-29(2,3)48-28(47)40-13-11-39(12-14-40)26(45)25-36-23(37-43(25)21-6-4-5-20(32)15-21)17-42-27(46)41(16-22(44)30(33,34)35)24(38-42)18-7-9-19(31)10-8-18/h4-10,15,22,44H,11-14,16-17H2,1-3H3/t22-/m0/s1. The lowest BCUT2D eigenvalue weighted by molar-refractivity contribution is -0.207. The summed E-state index contributed by atoms with van der Waals surface area (Å²) >= 11 is 5.95. The number of alkyl halides is 3. The predicted molar refractivity (Wildman–Crippen MR) is 163 cm³/mol. The first kappa shape index (κ1) is 34.6. The molecule has 0 unspecified atom stereocenters. The molecule has 13 nitrogen and oxygen atoms in total. The molecular formula is C30H31ClF4N8O5. The average Bonchev–Trinajstić information content (AvgIpc) is 3.57. The van der Waals surface area contributed by atoms with Gasteiger partial charge in [0.2, 0.25) is 5.82 Å². The van der Waals surface area contributed by atoms with Crippen molar-refractivity contribution in [3.63, 3.8) is 0 Å². The molecule has 1 aliphatic rings. The van der Waals surface area contributed by atoms with Gasteiger partial charge in [-0.25, -0.2) is 28.3 Å². The number of rotatable bonds is 7. The number of aromatic nitrogens is 6. The minimum atomic E-state index is -5.02. The molecule has 1 fully saturated rings. The van der Waals surface area contributed by atoms with Crippen LogP contribution in [-0.2, 0) is 17.8 Å². The van der Waals surface area contributed by atoms with Crippen LogP contribution in [0.25, 0.3) is 17.1 Å². The van der Waals surface area contributed by atoms with E-state index in [1.807, 2.05) is 0 Å². The number of hydrogen-bond donors (Lipinski definition) is 1. The van der Waals surface area contributed by atoms with Gasteiger partial charge in [0.05, 0.1) is 12.2 Å². The third-order valence-corrected chi connectivity index (χ3v) is 7.42. The highest BCUT2D eigenvalue weighted by Gasteiger charge is 2.39. The number of amides is 2. The fraction of sp³-hybridized carbons (Fsp3) is 0.400. The van der Waals surface area contributed by atoms with E-state index in [4.69, 9.17) is 16.3 Å². The molecule has 0 bridgehead atoms. The quantitative estimate of drug-likeness (QED) is 0.289. The Morgan fingerprint density at radius 1 is 1.00 bits per heavy atom. The highest BCUT2D eigenvalue weighted by atomic mass is 35.5. The normalized spacial score (nSPS) is 14.7. The van der Waals surface area contributed by atoms with Gasteiger partial charge in [-0.2, -0.15) is 13.2 Å². The second-order valence-corrected chi connectivity index (χ2v) is 12.4. The maximum atomic E-state index is 14.2. The van der Waals surface area contributed by atoms with Gasteiger partial charge in [-0.3, -0.25) is 9.36 Å². The lowest BCUT2D eigenvalue weighted by Crippen LogP contribution is -2.52. The third-order valence-electron chi connectivity index (χ3n) is 7.16. The van der Waals surface area contributed by atoms with E-state index in [9.17, 15) is 37.1 Å². The molecule has 2 amide bonds. The zero-order valence-corrected chi connectivity index (χ0v) is 26.7. The van der Waals surface area contributed by atoms with E-state index in [1.165, 1.54) is 52.3 Å². The summed E-state index contributed by atoms with van der Waals surface area (Å²) in [5, 5.41) is 18.6. The first-order valence-corrected chi connectivity index (χ1v) is 15.1. The first-order valence-electron chi connectivity index (χ1n) is 14.7. The van der Waals surface area contributed by atoms with Crippen LogP contribution >= 0.6 is 11.6 Å². The van der Waals surface area contributed by atoms with Crippen LogP contribution in [0.15, 0.2) is 53.3 Å². The number of ether oxygens (including phenoxy) is 1. The summed E-state index contributed by atoms with van der Waals surface area (Å²) in [6, 6.07) is 11.0. The number of hydrogen-bond acceptors (Lipinski definition) is 8. The number of carbonyl (C=O) groups is 2. The molecule has 0 saturated carbocycles. The van der Waals surface area contributed by atoms with Gasteiger partial charge >= 0.3 is 18.0 Å². The molecule has 3 heterocycles. The molecule has 2 aromatic carbocycles. The molecule has 0 spiro atoms. The summed E-state index contributed by atoms with van der Waals surface area (Å²) < 4.78 is 62.0. The predicted octanol–water partition coefficient (Wildman–Crippen LogP) is 3.75. The number of piperazine rings is 1. The molecule has 2 aromatic heterocycles. The van der Waals surface area contributed by atoms with Gasteiger partial charge in [-0.1, -0.05) is 17.7 Å². The molecule has 1 saturated heterocycles. The summed E-state index contributed by atoms with van der Waals surface area (Å²) in [5.41, 5.74) is -1.34. The zero-order chi connectivity index (χ0) is 35.0. The molecule has 18 heteroatoms. The lowest BCUT2D eigenvalue weighted by Gasteiger charge is -2.35. The maximum absolute atomic E-state index is 14.2. The van der Waals surface area contributed by atoms with Crippen molar-refractivity contribution >= 4 is 23.6 Å². The van der Waals surface area contributed by atoms with Gasteiger partial charge in [-0.05, 0) is 63.2 Å². The van der Waals surface area contributed by atoms with E-state index >= 15 is 0 Å². The summed E-state index contributed by atoms with van der Waals surface area (Å²) in [6.45, 7) is 4.17. The summed E-state index contributed by atoms with van der Waals surface area (Å²) in [4.78, 5) is 46.9. The average molecular weight is 695 g/mol. The number of benzene rings is 2. The van der Waals surface area contributed by atoms with Crippen LogP contribution in [0, 0.1) is 5.82 Å². The third kappa shape index (κ3) is 7.84. The molecule has 1 N–H and O–H groups in total. The van der Waals surface area contributed by atoms with Gasteiger partial charge in [0.15, 0.2) is 17.8 Å². The Labute approximate surface area is 275 Å². The second kappa shape index (κ2) is 13.4. The van der Waals surface area contributed by atoms with Crippen molar-refractivity contribution in [2.24, 2.45) is 0 Å². The Balaban J connectivity index is 1.47. The Kier molecular flexibility index (Phi) is 9.64. The van der Waals surface area contributed by atoms with E-state index in [2.05, 4.69) is 15.2 Å². The van der Waals surface area contributed by atoms with Crippen LogP contribution < -0.4 is 5.69 Å². The van der Waals surface area contributed by atoms with Crippen LogP contribution in [0.1, 0.15) is 37.2 Å². The van der Waals surface area contributed by atoms with Crippen LogP contribution in [0.5, 0.6) is 0 Å².